The minimum atomic E-state index is -3.40. The molecular weight excluding hydrogens is 475 g/mol. The van der Waals surface area contributed by atoms with Crippen LogP contribution in [0.4, 0.5) is 10.4 Å². The third-order valence-corrected chi connectivity index (χ3v) is 6.55. The van der Waals surface area contributed by atoms with Crippen molar-refractivity contribution in [2.45, 2.75) is 17.2 Å². The molecule has 3 aromatic carbocycles. The molecule has 0 bridgehead atoms. The molecule has 180 valence electrons. The topological polar surface area (TPSA) is 116 Å². The molecule has 4 aromatic rings. The van der Waals surface area contributed by atoms with Gasteiger partial charge in [0.2, 0.25) is 5.91 Å². The van der Waals surface area contributed by atoms with E-state index in [0.717, 1.165) is 6.26 Å². The number of esters is 1. The van der Waals surface area contributed by atoms with E-state index in [1.807, 2.05) is 0 Å². The molecule has 1 atom stereocenters. The van der Waals surface area contributed by atoms with Crippen LogP contribution in [0.3, 0.4) is 0 Å². The van der Waals surface area contributed by atoms with E-state index in [9.17, 15) is 22.4 Å². The summed E-state index contributed by atoms with van der Waals surface area (Å²) in [5.74, 6) is -2.15. The highest BCUT2D eigenvalue weighted by atomic mass is 32.2. The van der Waals surface area contributed by atoms with Crippen molar-refractivity contribution in [3.05, 3.63) is 89.2 Å². The van der Waals surface area contributed by atoms with E-state index in [0.29, 0.717) is 16.6 Å². The summed E-state index contributed by atoms with van der Waals surface area (Å²) in [5.41, 5.74) is 2.26. The highest BCUT2D eigenvalue weighted by Crippen LogP contribution is 2.26. The fraction of sp³-hybridized carbons (Fsp3) is 0.160. The van der Waals surface area contributed by atoms with Gasteiger partial charge in [-0.1, -0.05) is 24.3 Å². The summed E-state index contributed by atoms with van der Waals surface area (Å²) in [4.78, 5) is 29.4. The molecule has 1 unspecified atom stereocenters. The van der Waals surface area contributed by atoms with Gasteiger partial charge in [-0.05, 0) is 60.0 Å². The van der Waals surface area contributed by atoms with Crippen LogP contribution < -0.4 is 5.32 Å². The van der Waals surface area contributed by atoms with Crippen LogP contribution in [0.2, 0.25) is 0 Å². The number of methoxy groups -OCH3 is 1. The Bertz CT molecular complexity index is 1500. The first kappa shape index (κ1) is 24.1. The van der Waals surface area contributed by atoms with E-state index in [2.05, 4.69) is 10.3 Å². The van der Waals surface area contributed by atoms with E-state index >= 15 is 0 Å². The van der Waals surface area contributed by atoms with Crippen LogP contribution >= 0.6 is 0 Å². The first-order valence-electron chi connectivity index (χ1n) is 10.5. The van der Waals surface area contributed by atoms with Gasteiger partial charge in [-0.2, -0.15) is 4.98 Å². The molecule has 35 heavy (non-hydrogen) atoms. The van der Waals surface area contributed by atoms with E-state index in [-0.39, 0.29) is 28.5 Å². The molecule has 0 aliphatic heterocycles. The van der Waals surface area contributed by atoms with Crippen molar-refractivity contribution in [1.82, 2.24) is 4.98 Å². The standard InChI is InChI=1S/C25H21FN2O6S/c1-33-24(30)17-7-12-21-22(14-17)34-25(27-21)28-23(29)20(13-15-3-8-18(26)9-4-15)16-5-10-19(11-6-16)35(2,31)32/h3-12,14,20H,13H2,1-2H3,(H,27,28,29). The van der Waals surface area contributed by atoms with Crippen LogP contribution in [-0.4, -0.2) is 38.6 Å². The summed E-state index contributed by atoms with van der Waals surface area (Å²) in [6, 6.07) is 16.3. The maximum absolute atomic E-state index is 13.4. The Morgan fingerprint density at radius 2 is 1.74 bits per heavy atom. The van der Waals surface area contributed by atoms with Gasteiger partial charge >= 0.3 is 12.0 Å². The highest BCUT2D eigenvalue weighted by Gasteiger charge is 2.24. The van der Waals surface area contributed by atoms with Gasteiger partial charge in [0.15, 0.2) is 15.4 Å². The van der Waals surface area contributed by atoms with Crippen LogP contribution in [0.25, 0.3) is 11.1 Å². The van der Waals surface area contributed by atoms with Gasteiger partial charge in [0.1, 0.15) is 11.3 Å². The predicted octanol–water partition coefficient (Wildman–Crippen LogP) is 4.12. The lowest BCUT2D eigenvalue weighted by Crippen LogP contribution is -2.23. The molecule has 4 rings (SSSR count). The zero-order valence-corrected chi connectivity index (χ0v) is 19.6. The van der Waals surface area contributed by atoms with E-state index < -0.39 is 33.4 Å². The normalized spacial score (nSPS) is 12.3. The summed E-state index contributed by atoms with van der Waals surface area (Å²) in [6.07, 6.45) is 1.32. The van der Waals surface area contributed by atoms with Gasteiger partial charge in [-0.15, -0.1) is 0 Å². The Hall–Kier alpha value is -4.05. The number of carbonyl (C=O) groups excluding carboxylic acids is 2. The van der Waals surface area contributed by atoms with Gasteiger partial charge in [-0.25, -0.2) is 17.6 Å². The lowest BCUT2D eigenvalue weighted by molar-refractivity contribution is -0.117. The summed E-state index contributed by atoms with van der Waals surface area (Å²) in [5, 5.41) is 2.64. The molecule has 0 radical (unpaired) electrons. The summed E-state index contributed by atoms with van der Waals surface area (Å²) in [7, 11) is -2.14. The van der Waals surface area contributed by atoms with Gasteiger partial charge in [0.05, 0.1) is 23.5 Å². The minimum absolute atomic E-state index is 0.0659. The molecule has 0 spiro atoms. The first-order valence-corrected chi connectivity index (χ1v) is 12.4. The number of amides is 1. The van der Waals surface area contributed by atoms with Crippen LogP contribution in [0.1, 0.15) is 27.4 Å². The quantitative estimate of drug-likeness (QED) is 0.383. The number of halogens is 1. The summed E-state index contributed by atoms with van der Waals surface area (Å²) in [6.45, 7) is 0. The largest absolute Gasteiger partial charge is 0.465 e. The maximum Gasteiger partial charge on any atom is 0.337 e. The number of nitrogens with zero attached hydrogens (tertiary/aromatic N) is 1. The van der Waals surface area contributed by atoms with Crippen LogP contribution in [0, 0.1) is 5.82 Å². The van der Waals surface area contributed by atoms with Crippen molar-refractivity contribution in [2.24, 2.45) is 0 Å². The fourth-order valence-electron chi connectivity index (χ4n) is 3.58. The minimum Gasteiger partial charge on any atom is -0.465 e. The van der Waals surface area contributed by atoms with Gasteiger partial charge in [-0.3, -0.25) is 10.1 Å². The number of hydrogen-bond donors (Lipinski definition) is 1. The number of ether oxygens (including phenoxy) is 1. The van der Waals surface area contributed by atoms with Gasteiger partial charge < -0.3 is 9.15 Å². The van der Waals surface area contributed by atoms with Crippen molar-refractivity contribution in [3.63, 3.8) is 0 Å². The molecule has 0 saturated carbocycles. The number of hydrogen-bond acceptors (Lipinski definition) is 7. The average Bonchev–Trinajstić information content (AvgIpc) is 3.24. The Balaban J connectivity index is 1.63. The second-order valence-corrected chi connectivity index (χ2v) is 9.92. The average molecular weight is 497 g/mol. The third kappa shape index (κ3) is 5.55. The Morgan fingerprint density at radius 3 is 2.37 bits per heavy atom. The Kier molecular flexibility index (Phi) is 6.65. The van der Waals surface area contributed by atoms with Crippen LogP contribution in [-0.2, 0) is 25.8 Å². The molecule has 1 aromatic heterocycles. The Morgan fingerprint density at radius 1 is 1.06 bits per heavy atom. The molecular formula is C25H21FN2O6S. The molecule has 10 heteroatoms. The lowest BCUT2D eigenvalue weighted by Gasteiger charge is -2.17. The zero-order chi connectivity index (χ0) is 25.2. The van der Waals surface area contributed by atoms with Crippen LogP contribution in [0.5, 0.6) is 0 Å². The number of carbonyl (C=O) groups is 2. The van der Waals surface area contributed by atoms with Crippen molar-refractivity contribution >= 4 is 38.8 Å². The molecule has 8 nitrogen and oxygen atoms in total. The fourth-order valence-corrected chi connectivity index (χ4v) is 4.21. The monoisotopic (exact) mass is 496 g/mol. The number of fused-ring (bicyclic) bond motifs is 1. The molecule has 0 fully saturated rings. The number of sulfone groups is 1. The molecule has 0 saturated heterocycles. The Labute approximate surface area is 200 Å². The zero-order valence-electron chi connectivity index (χ0n) is 18.8. The molecule has 1 amide bonds. The first-order chi connectivity index (χ1) is 16.6. The number of aromatic nitrogens is 1. The van der Waals surface area contributed by atoms with E-state index in [1.165, 1.54) is 43.5 Å². The molecule has 0 aliphatic rings. The maximum atomic E-state index is 13.4. The molecule has 1 heterocycles. The molecule has 0 aliphatic carbocycles. The highest BCUT2D eigenvalue weighted by molar-refractivity contribution is 7.90. The lowest BCUT2D eigenvalue weighted by atomic mass is 9.91. The number of benzene rings is 3. The second kappa shape index (κ2) is 9.67. The number of rotatable bonds is 7. The number of anilines is 1. The smallest absolute Gasteiger partial charge is 0.337 e. The third-order valence-electron chi connectivity index (χ3n) is 5.42. The van der Waals surface area contributed by atoms with Crippen molar-refractivity contribution in [2.75, 3.05) is 18.7 Å². The van der Waals surface area contributed by atoms with Crippen molar-refractivity contribution in [3.8, 4) is 0 Å². The van der Waals surface area contributed by atoms with E-state index in [4.69, 9.17) is 9.15 Å². The van der Waals surface area contributed by atoms with Gasteiger partial charge in [0.25, 0.3) is 0 Å². The summed E-state index contributed by atoms with van der Waals surface area (Å²) >= 11 is 0. The van der Waals surface area contributed by atoms with Crippen molar-refractivity contribution in [1.29, 1.82) is 0 Å². The second-order valence-electron chi connectivity index (χ2n) is 7.91. The molecule has 1 N–H and O–H groups in total. The summed E-state index contributed by atoms with van der Waals surface area (Å²) < 4.78 is 47.3. The van der Waals surface area contributed by atoms with Gasteiger partial charge in [0, 0.05) is 6.26 Å². The van der Waals surface area contributed by atoms with Crippen LogP contribution in [0.15, 0.2) is 76.0 Å². The van der Waals surface area contributed by atoms with Crippen molar-refractivity contribution < 1.29 is 31.6 Å². The predicted molar refractivity (Wildman–Crippen MR) is 126 cm³/mol. The number of oxazole rings is 1. The van der Waals surface area contributed by atoms with E-state index in [1.54, 1.807) is 30.3 Å². The number of nitrogens with one attached hydrogen (secondary N) is 1. The SMILES string of the molecule is COC(=O)c1ccc2nc(NC(=O)C(Cc3ccc(F)cc3)c3ccc(S(C)(=O)=O)cc3)oc2c1.